The molecule has 1 atom stereocenters. The molecule has 1 aromatic heterocycles. The van der Waals surface area contributed by atoms with Gasteiger partial charge in [0.1, 0.15) is 5.82 Å². The van der Waals surface area contributed by atoms with Gasteiger partial charge in [0.15, 0.2) is 0 Å². The minimum atomic E-state index is -0.641. The zero-order valence-corrected chi connectivity index (χ0v) is 14.4. The van der Waals surface area contributed by atoms with E-state index in [0.29, 0.717) is 15.7 Å². The van der Waals surface area contributed by atoms with Crippen molar-refractivity contribution in [2.24, 2.45) is 0 Å². The average molecular weight is 389 g/mol. The quantitative estimate of drug-likeness (QED) is 0.720. The largest absolute Gasteiger partial charge is 0.351 e. The SMILES string of the molecule is Cc1cc(C(=O)NC(c2ccccc2)c2ccc(Br)cc2F)on1. The molecule has 0 aliphatic carbocycles. The van der Waals surface area contributed by atoms with Gasteiger partial charge in [0.05, 0.1) is 11.7 Å². The highest BCUT2D eigenvalue weighted by molar-refractivity contribution is 9.10. The number of hydrogen-bond acceptors (Lipinski definition) is 3. The first-order valence-electron chi connectivity index (χ1n) is 7.28. The highest BCUT2D eigenvalue weighted by atomic mass is 79.9. The van der Waals surface area contributed by atoms with Gasteiger partial charge in [-0.1, -0.05) is 57.5 Å². The molecule has 1 heterocycles. The van der Waals surface area contributed by atoms with Gasteiger partial charge in [0, 0.05) is 16.1 Å². The van der Waals surface area contributed by atoms with Gasteiger partial charge < -0.3 is 9.84 Å². The van der Waals surface area contributed by atoms with E-state index in [0.717, 1.165) is 5.56 Å². The molecule has 0 spiro atoms. The minimum absolute atomic E-state index is 0.0888. The third-order valence-electron chi connectivity index (χ3n) is 3.53. The average Bonchev–Trinajstić information content (AvgIpc) is 3.00. The predicted octanol–water partition coefficient (Wildman–Crippen LogP) is 4.40. The van der Waals surface area contributed by atoms with Gasteiger partial charge in [-0.3, -0.25) is 4.79 Å². The first-order valence-corrected chi connectivity index (χ1v) is 8.08. The molecule has 1 amide bonds. The van der Waals surface area contributed by atoms with Crippen molar-refractivity contribution in [3.63, 3.8) is 0 Å². The minimum Gasteiger partial charge on any atom is -0.351 e. The van der Waals surface area contributed by atoms with Gasteiger partial charge in [0.2, 0.25) is 5.76 Å². The van der Waals surface area contributed by atoms with Gasteiger partial charge in [-0.05, 0) is 24.6 Å². The summed E-state index contributed by atoms with van der Waals surface area (Å²) in [4.78, 5) is 12.4. The fraction of sp³-hybridized carbons (Fsp3) is 0.111. The molecule has 122 valence electrons. The van der Waals surface area contributed by atoms with Crippen molar-refractivity contribution in [3.05, 3.63) is 87.5 Å². The van der Waals surface area contributed by atoms with Crippen LogP contribution in [0.1, 0.15) is 33.4 Å². The molecule has 4 nitrogen and oxygen atoms in total. The summed E-state index contributed by atoms with van der Waals surface area (Å²) in [5.41, 5.74) is 1.74. The van der Waals surface area contributed by atoms with Gasteiger partial charge >= 0.3 is 0 Å². The third-order valence-corrected chi connectivity index (χ3v) is 4.03. The maximum Gasteiger partial charge on any atom is 0.290 e. The second-order valence-corrected chi connectivity index (χ2v) is 6.23. The number of carbonyl (C=O) groups is 1. The summed E-state index contributed by atoms with van der Waals surface area (Å²) in [5, 5.41) is 6.52. The molecule has 24 heavy (non-hydrogen) atoms. The summed E-state index contributed by atoms with van der Waals surface area (Å²) in [7, 11) is 0. The molecule has 3 aromatic rings. The molecule has 0 bridgehead atoms. The Morgan fingerprint density at radius 2 is 1.96 bits per heavy atom. The Balaban J connectivity index is 1.98. The zero-order valence-electron chi connectivity index (χ0n) is 12.8. The molecular weight excluding hydrogens is 375 g/mol. The van der Waals surface area contributed by atoms with E-state index in [1.54, 1.807) is 19.1 Å². The predicted molar refractivity (Wildman–Crippen MR) is 91.1 cm³/mol. The molecule has 2 aromatic carbocycles. The van der Waals surface area contributed by atoms with Crippen LogP contribution in [0.4, 0.5) is 4.39 Å². The van der Waals surface area contributed by atoms with E-state index in [1.165, 1.54) is 12.1 Å². The number of aryl methyl sites for hydroxylation is 1. The lowest BCUT2D eigenvalue weighted by molar-refractivity contribution is 0.0905. The maximum absolute atomic E-state index is 14.4. The number of carbonyl (C=O) groups excluding carboxylic acids is 1. The molecule has 6 heteroatoms. The van der Waals surface area contributed by atoms with Crippen LogP contribution in [0.25, 0.3) is 0 Å². The van der Waals surface area contributed by atoms with Crippen LogP contribution in [0.5, 0.6) is 0 Å². The number of halogens is 2. The van der Waals surface area contributed by atoms with Crippen molar-refractivity contribution in [2.45, 2.75) is 13.0 Å². The van der Waals surface area contributed by atoms with Crippen LogP contribution < -0.4 is 5.32 Å². The molecule has 0 saturated heterocycles. The lowest BCUT2D eigenvalue weighted by Crippen LogP contribution is -2.29. The van der Waals surface area contributed by atoms with E-state index < -0.39 is 17.8 Å². The Morgan fingerprint density at radius 3 is 2.58 bits per heavy atom. The standard InChI is InChI=1S/C18H14BrFN2O2/c1-11-9-16(24-22-11)18(23)21-17(12-5-3-2-4-6-12)14-8-7-13(19)10-15(14)20/h2-10,17H,1H3,(H,21,23). The highest BCUT2D eigenvalue weighted by Crippen LogP contribution is 2.27. The van der Waals surface area contributed by atoms with Gasteiger partial charge in [-0.2, -0.15) is 0 Å². The van der Waals surface area contributed by atoms with Crippen LogP contribution in [0, 0.1) is 12.7 Å². The summed E-state index contributed by atoms with van der Waals surface area (Å²) in [6.07, 6.45) is 0. The van der Waals surface area contributed by atoms with Crippen LogP contribution in [0.3, 0.4) is 0 Å². The summed E-state index contributed by atoms with van der Waals surface area (Å²) in [6, 6.07) is 14.8. The lowest BCUT2D eigenvalue weighted by atomic mass is 9.98. The summed E-state index contributed by atoms with van der Waals surface area (Å²) >= 11 is 3.24. The van der Waals surface area contributed by atoms with Crippen LogP contribution in [-0.4, -0.2) is 11.1 Å². The maximum atomic E-state index is 14.4. The summed E-state index contributed by atoms with van der Waals surface area (Å²) < 4.78 is 20.0. The second kappa shape index (κ2) is 6.97. The molecule has 3 rings (SSSR count). The van der Waals surface area contributed by atoms with Crippen molar-refractivity contribution in [2.75, 3.05) is 0 Å². The Morgan fingerprint density at radius 1 is 1.21 bits per heavy atom. The Bertz CT molecular complexity index is 864. The van der Waals surface area contributed by atoms with Crippen molar-refractivity contribution in [1.29, 1.82) is 0 Å². The normalized spacial score (nSPS) is 12.0. The first-order chi connectivity index (χ1) is 11.5. The molecule has 0 fully saturated rings. The van der Waals surface area contributed by atoms with Crippen LogP contribution in [0.2, 0.25) is 0 Å². The van der Waals surface area contributed by atoms with E-state index >= 15 is 0 Å². The molecule has 1 unspecified atom stereocenters. The Hall–Kier alpha value is -2.47. The third kappa shape index (κ3) is 3.54. The number of amides is 1. The molecule has 0 aliphatic heterocycles. The molecule has 1 N–H and O–H groups in total. The van der Waals surface area contributed by atoms with E-state index in [4.69, 9.17) is 4.52 Å². The molecular formula is C18H14BrFN2O2. The molecule has 0 saturated carbocycles. The first kappa shape index (κ1) is 16.4. The second-order valence-electron chi connectivity index (χ2n) is 5.32. The van der Waals surface area contributed by atoms with E-state index in [9.17, 15) is 9.18 Å². The topological polar surface area (TPSA) is 55.1 Å². The van der Waals surface area contributed by atoms with E-state index in [2.05, 4.69) is 26.4 Å². The lowest BCUT2D eigenvalue weighted by Gasteiger charge is -2.20. The monoisotopic (exact) mass is 388 g/mol. The van der Waals surface area contributed by atoms with Crippen molar-refractivity contribution >= 4 is 21.8 Å². The van der Waals surface area contributed by atoms with Crippen molar-refractivity contribution in [1.82, 2.24) is 10.5 Å². The summed E-state index contributed by atoms with van der Waals surface area (Å²) in [6.45, 7) is 1.73. The fourth-order valence-electron chi connectivity index (χ4n) is 2.39. The van der Waals surface area contributed by atoms with Crippen molar-refractivity contribution in [3.8, 4) is 0 Å². The van der Waals surface area contributed by atoms with Crippen molar-refractivity contribution < 1.29 is 13.7 Å². The van der Waals surface area contributed by atoms with E-state index in [-0.39, 0.29) is 5.76 Å². The van der Waals surface area contributed by atoms with Gasteiger partial charge in [0.25, 0.3) is 5.91 Å². The van der Waals surface area contributed by atoms with Crippen LogP contribution >= 0.6 is 15.9 Å². The Kier molecular flexibility index (Phi) is 4.76. The number of benzene rings is 2. The number of nitrogens with one attached hydrogen (secondary N) is 1. The highest BCUT2D eigenvalue weighted by Gasteiger charge is 2.22. The van der Waals surface area contributed by atoms with Crippen LogP contribution in [0.15, 0.2) is 63.6 Å². The van der Waals surface area contributed by atoms with E-state index in [1.807, 2.05) is 30.3 Å². The Labute approximate surface area is 146 Å². The number of nitrogens with zero attached hydrogens (tertiary/aromatic N) is 1. The number of rotatable bonds is 4. The fourth-order valence-corrected chi connectivity index (χ4v) is 2.73. The smallest absolute Gasteiger partial charge is 0.290 e. The number of hydrogen-bond donors (Lipinski definition) is 1. The van der Waals surface area contributed by atoms with Gasteiger partial charge in [-0.25, -0.2) is 4.39 Å². The zero-order chi connectivity index (χ0) is 17.1. The number of aromatic nitrogens is 1. The van der Waals surface area contributed by atoms with Crippen LogP contribution in [-0.2, 0) is 0 Å². The van der Waals surface area contributed by atoms with Gasteiger partial charge in [-0.15, -0.1) is 0 Å². The molecule has 0 aliphatic rings. The molecule has 0 radical (unpaired) electrons. The summed E-state index contributed by atoms with van der Waals surface area (Å²) in [5.74, 6) is -0.773.